The van der Waals surface area contributed by atoms with Gasteiger partial charge in [0.25, 0.3) is 0 Å². The van der Waals surface area contributed by atoms with Crippen LogP contribution in [0.2, 0.25) is 0 Å². The highest BCUT2D eigenvalue weighted by molar-refractivity contribution is 5.88. The monoisotopic (exact) mass is 398 g/mol. The third-order valence-corrected chi connectivity index (χ3v) is 4.71. The number of hydrogen-bond acceptors (Lipinski definition) is 6. The van der Waals surface area contributed by atoms with Crippen molar-refractivity contribution in [3.05, 3.63) is 54.4 Å². The molecule has 1 atom stereocenters. The van der Waals surface area contributed by atoms with E-state index in [2.05, 4.69) is 15.6 Å². The summed E-state index contributed by atoms with van der Waals surface area (Å²) in [6, 6.07) is 10.8. The summed E-state index contributed by atoms with van der Waals surface area (Å²) in [6.07, 6.45) is 3.37. The summed E-state index contributed by atoms with van der Waals surface area (Å²) in [4.78, 5) is 30.8. The van der Waals surface area contributed by atoms with Crippen LogP contribution in [0.4, 0.5) is 0 Å². The number of methoxy groups -OCH3 is 1. The highest BCUT2D eigenvalue weighted by Gasteiger charge is 2.31. The van der Waals surface area contributed by atoms with Gasteiger partial charge in [-0.15, -0.1) is 0 Å². The molecule has 2 heterocycles. The molecular weight excluding hydrogens is 372 g/mol. The first-order valence-electron chi connectivity index (χ1n) is 9.60. The summed E-state index contributed by atoms with van der Waals surface area (Å²) in [5.41, 5.74) is 0.986. The number of hydrogen-bond donors (Lipinski definition) is 2. The third kappa shape index (κ3) is 5.92. The van der Waals surface area contributed by atoms with Crippen molar-refractivity contribution in [1.29, 1.82) is 0 Å². The summed E-state index contributed by atoms with van der Waals surface area (Å²) < 4.78 is 10.9. The zero-order valence-corrected chi connectivity index (χ0v) is 16.5. The molecule has 1 aliphatic rings. The van der Waals surface area contributed by atoms with E-state index in [-0.39, 0.29) is 18.2 Å². The Morgan fingerprint density at radius 2 is 2.17 bits per heavy atom. The Balaban J connectivity index is 1.52. The van der Waals surface area contributed by atoms with Crippen molar-refractivity contribution < 1.29 is 19.1 Å². The maximum absolute atomic E-state index is 12.4. The third-order valence-electron chi connectivity index (χ3n) is 4.71. The Labute approximate surface area is 170 Å². The second kappa shape index (κ2) is 10.4. The number of ether oxygens (including phenoxy) is 2. The smallest absolute Gasteiger partial charge is 0.237 e. The highest BCUT2D eigenvalue weighted by atomic mass is 16.5. The summed E-state index contributed by atoms with van der Waals surface area (Å²) in [7, 11) is 1.63. The summed E-state index contributed by atoms with van der Waals surface area (Å²) in [5, 5.41) is 5.66. The van der Waals surface area contributed by atoms with E-state index in [0.29, 0.717) is 38.5 Å². The van der Waals surface area contributed by atoms with Crippen molar-refractivity contribution in [2.75, 3.05) is 33.4 Å². The van der Waals surface area contributed by atoms with Crippen molar-refractivity contribution in [3.63, 3.8) is 0 Å². The Hall–Kier alpha value is -3.13. The fraction of sp³-hybridized carbons (Fsp3) is 0.381. The van der Waals surface area contributed by atoms with Crippen LogP contribution in [0.15, 0.2) is 48.8 Å². The minimum absolute atomic E-state index is 0.0911. The predicted molar refractivity (Wildman–Crippen MR) is 108 cm³/mol. The van der Waals surface area contributed by atoms with E-state index in [4.69, 9.17) is 9.47 Å². The molecule has 1 aromatic carbocycles. The SMILES string of the molecule is COc1ccccc1CN1CCNC(=O)[C@@H]1CC(=O)NCCOc1cccnc1. The molecule has 29 heavy (non-hydrogen) atoms. The molecular formula is C21H26N4O4. The second-order valence-electron chi connectivity index (χ2n) is 6.68. The number of rotatable bonds is 9. The molecule has 2 amide bonds. The lowest BCUT2D eigenvalue weighted by molar-refractivity contribution is -0.134. The fourth-order valence-corrected chi connectivity index (χ4v) is 3.27. The lowest BCUT2D eigenvalue weighted by atomic mass is 10.1. The van der Waals surface area contributed by atoms with Crippen LogP contribution in [0.5, 0.6) is 11.5 Å². The van der Waals surface area contributed by atoms with Gasteiger partial charge in [0.1, 0.15) is 18.1 Å². The molecule has 2 aromatic rings. The van der Waals surface area contributed by atoms with Crippen molar-refractivity contribution >= 4 is 11.8 Å². The molecule has 2 N–H and O–H groups in total. The molecule has 1 saturated heterocycles. The molecule has 3 rings (SSSR count). The maximum Gasteiger partial charge on any atom is 0.237 e. The molecule has 154 valence electrons. The number of aromatic nitrogens is 1. The van der Waals surface area contributed by atoms with E-state index in [1.807, 2.05) is 29.2 Å². The molecule has 0 spiro atoms. The molecule has 8 heteroatoms. The topological polar surface area (TPSA) is 92.8 Å². The number of carbonyl (C=O) groups excluding carboxylic acids is 2. The largest absolute Gasteiger partial charge is 0.496 e. The number of nitrogens with zero attached hydrogens (tertiary/aromatic N) is 2. The van der Waals surface area contributed by atoms with Crippen LogP contribution in [-0.4, -0.2) is 61.1 Å². The van der Waals surface area contributed by atoms with Crippen molar-refractivity contribution in [2.24, 2.45) is 0 Å². The van der Waals surface area contributed by atoms with Gasteiger partial charge in [0.05, 0.1) is 32.3 Å². The Morgan fingerprint density at radius 3 is 2.97 bits per heavy atom. The van der Waals surface area contributed by atoms with Gasteiger partial charge in [0.2, 0.25) is 11.8 Å². The number of pyridine rings is 1. The zero-order valence-electron chi connectivity index (χ0n) is 16.5. The average molecular weight is 398 g/mol. The molecule has 1 fully saturated rings. The first kappa shape index (κ1) is 20.6. The van der Waals surface area contributed by atoms with Gasteiger partial charge in [0.15, 0.2) is 0 Å². The minimum Gasteiger partial charge on any atom is -0.496 e. The normalized spacial score (nSPS) is 16.7. The highest BCUT2D eigenvalue weighted by Crippen LogP contribution is 2.21. The van der Waals surface area contributed by atoms with Gasteiger partial charge < -0.3 is 20.1 Å². The number of piperazine rings is 1. The number of benzene rings is 1. The van der Waals surface area contributed by atoms with Gasteiger partial charge in [0, 0.05) is 31.4 Å². The molecule has 0 bridgehead atoms. The van der Waals surface area contributed by atoms with Gasteiger partial charge in [-0.05, 0) is 18.2 Å². The first-order chi connectivity index (χ1) is 14.2. The molecule has 0 saturated carbocycles. The second-order valence-corrected chi connectivity index (χ2v) is 6.68. The van der Waals surface area contributed by atoms with Crippen molar-refractivity contribution in [2.45, 2.75) is 19.0 Å². The van der Waals surface area contributed by atoms with Gasteiger partial charge >= 0.3 is 0 Å². The van der Waals surface area contributed by atoms with Crippen LogP contribution in [0.25, 0.3) is 0 Å². The van der Waals surface area contributed by atoms with Gasteiger partial charge in [-0.25, -0.2) is 0 Å². The van der Waals surface area contributed by atoms with E-state index in [0.717, 1.165) is 11.3 Å². The van der Waals surface area contributed by atoms with Crippen LogP contribution in [-0.2, 0) is 16.1 Å². The molecule has 0 radical (unpaired) electrons. The summed E-state index contributed by atoms with van der Waals surface area (Å²) in [6.45, 7) is 2.46. The lowest BCUT2D eigenvalue weighted by Crippen LogP contribution is -2.56. The molecule has 0 unspecified atom stereocenters. The van der Waals surface area contributed by atoms with Gasteiger partial charge in [-0.3, -0.25) is 19.5 Å². The number of carbonyl (C=O) groups is 2. The van der Waals surface area contributed by atoms with Gasteiger partial charge in [-0.2, -0.15) is 0 Å². The Morgan fingerprint density at radius 1 is 1.31 bits per heavy atom. The van der Waals surface area contributed by atoms with E-state index >= 15 is 0 Å². The van der Waals surface area contributed by atoms with Crippen LogP contribution in [0.1, 0.15) is 12.0 Å². The zero-order chi connectivity index (χ0) is 20.5. The summed E-state index contributed by atoms with van der Waals surface area (Å²) in [5.74, 6) is 1.10. The quantitative estimate of drug-likeness (QED) is 0.612. The Bertz CT molecular complexity index is 815. The predicted octanol–water partition coefficient (Wildman–Crippen LogP) is 0.976. The first-order valence-corrected chi connectivity index (χ1v) is 9.60. The van der Waals surface area contributed by atoms with Crippen LogP contribution in [0, 0.1) is 0 Å². The molecule has 0 aliphatic carbocycles. The number of nitrogens with one attached hydrogen (secondary N) is 2. The number of para-hydroxylation sites is 1. The lowest BCUT2D eigenvalue weighted by Gasteiger charge is -2.35. The fourth-order valence-electron chi connectivity index (χ4n) is 3.27. The van der Waals surface area contributed by atoms with Crippen LogP contribution in [0.3, 0.4) is 0 Å². The van der Waals surface area contributed by atoms with E-state index in [1.54, 1.807) is 31.6 Å². The molecule has 8 nitrogen and oxygen atoms in total. The van der Waals surface area contributed by atoms with E-state index in [1.165, 1.54) is 0 Å². The van der Waals surface area contributed by atoms with Crippen LogP contribution >= 0.6 is 0 Å². The summed E-state index contributed by atoms with van der Waals surface area (Å²) >= 11 is 0. The van der Waals surface area contributed by atoms with E-state index < -0.39 is 6.04 Å². The Kier molecular flexibility index (Phi) is 7.40. The van der Waals surface area contributed by atoms with E-state index in [9.17, 15) is 9.59 Å². The minimum atomic E-state index is -0.520. The maximum atomic E-state index is 12.4. The van der Waals surface area contributed by atoms with Crippen molar-refractivity contribution in [1.82, 2.24) is 20.5 Å². The average Bonchev–Trinajstić information content (AvgIpc) is 2.75. The standard InChI is InChI=1S/C21H26N4O4/c1-28-19-7-3-2-5-16(19)15-25-11-9-24-21(27)18(25)13-20(26)23-10-12-29-17-6-4-8-22-14-17/h2-8,14,18H,9-13,15H2,1H3,(H,23,26)(H,24,27)/t18-/m0/s1. The molecule has 1 aromatic heterocycles. The number of amides is 2. The van der Waals surface area contributed by atoms with Crippen molar-refractivity contribution in [3.8, 4) is 11.5 Å². The van der Waals surface area contributed by atoms with Crippen LogP contribution < -0.4 is 20.1 Å². The van der Waals surface area contributed by atoms with Gasteiger partial charge in [-0.1, -0.05) is 18.2 Å². The molecule has 1 aliphatic heterocycles.